The minimum Gasteiger partial charge on any atom is -0.338 e. The van der Waals surface area contributed by atoms with Gasteiger partial charge >= 0.3 is 6.03 Å². The van der Waals surface area contributed by atoms with Gasteiger partial charge in [-0.15, -0.1) is 0 Å². The number of carbonyl (C=O) groups is 1. The first-order chi connectivity index (χ1) is 10.7. The van der Waals surface area contributed by atoms with E-state index in [4.69, 9.17) is 0 Å². The Morgan fingerprint density at radius 1 is 1.35 bits per heavy atom. The van der Waals surface area contributed by atoms with E-state index in [9.17, 15) is 22.0 Å². The second kappa shape index (κ2) is 8.24. The van der Waals surface area contributed by atoms with Crippen molar-refractivity contribution in [2.45, 2.75) is 26.3 Å². The largest absolute Gasteiger partial charge is 0.338 e. The number of nitrogens with one attached hydrogen (secondary N) is 1. The van der Waals surface area contributed by atoms with Crippen molar-refractivity contribution in [1.29, 1.82) is 0 Å². The summed E-state index contributed by atoms with van der Waals surface area (Å²) in [6.07, 6.45) is 0.216. The zero-order valence-electron chi connectivity index (χ0n) is 13.5. The molecule has 23 heavy (non-hydrogen) atoms. The number of nitrogens with zero attached hydrogens (tertiary/aromatic N) is 1. The lowest BCUT2D eigenvalue weighted by Gasteiger charge is -2.25. The van der Waals surface area contributed by atoms with E-state index in [1.54, 1.807) is 13.8 Å². The summed E-state index contributed by atoms with van der Waals surface area (Å²) in [6.45, 7) is 3.37. The Morgan fingerprint density at radius 2 is 2.00 bits per heavy atom. The number of halogens is 2. The Morgan fingerprint density at radius 3 is 2.57 bits per heavy atom. The molecule has 2 amide bonds. The third kappa shape index (κ3) is 6.13. The fourth-order valence-corrected chi connectivity index (χ4v) is 3.14. The summed E-state index contributed by atoms with van der Waals surface area (Å²) in [5.41, 5.74) is 0.302. The van der Waals surface area contributed by atoms with E-state index in [0.717, 1.165) is 12.1 Å². The highest BCUT2D eigenvalue weighted by molar-refractivity contribution is 7.91. The summed E-state index contributed by atoms with van der Waals surface area (Å²) < 4.78 is 49.4. The van der Waals surface area contributed by atoms with Crippen LogP contribution in [0.15, 0.2) is 18.2 Å². The lowest BCUT2D eigenvalue weighted by atomic mass is 10.1. The Labute approximate surface area is 135 Å². The van der Waals surface area contributed by atoms with Crippen molar-refractivity contribution in [1.82, 2.24) is 10.2 Å². The SMILES string of the molecule is CCS(=O)(=O)CC(C)N(C)C(=O)NCCc1ccc(F)cc1F. The van der Waals surface area contributed by atoms with Crippen LogP contribution < -0.4 is 5.32 Å². The fraction of sp³-hybridized carbons (Fsp3) is 0.533. The van der Waals surface area contributed by atoms with Gasteiger partial charge in [-0.1, -0.05) is 13.0 Å². The number of urea groups is 1. The molecule has 0 saturated carbocycles. The molecule has 1 aromatic carbocycles. The normalized spacial score (nSPS) is 12.7. The molecule has 1 atom stereocenters. The highest BCUT2D eigenvalue weighted by atomic mass is 32.2. The number of sulfone groups is 1. The molecule has 0 aliphatic carbocycles. The molecule has 1 N–H and O–H groups in total. The molecule has 0 heterocycles. The maximum atomic E-state index is 13.5. The first-order valence-electron chi connectivity index (χ1n) is 7.31. The lowest BCUT2D eigenvalue weighted by molar-refractivity contribution is 0.198. The molecule has 0 aliphatic heterocycles. The minimum atomic E-state index is -3.18. The Kier molecular flexibility index (Phi) is 6.93. The van der Waals surface area contributed by atoms with Crippen LogP contribution >= 0.6 is 0 Å². The Balaban J connectivity index is 2.49. The highest BCUT2D eigenvalue weighted by Gasteiger charge is 2.21. The molecular weight excluding hydrogens is 326 g/mol. The standard InChI is InChI=1S/C15H22F2N2O3S/c1-4-23(21,22)10-11(2)19(3)15(20)18-8-7-12-5-6-13(16)9-14(12)17/h5-6,9,11H,4,7-8,10H2,1-3H3,(H,18,20). The van der Waals surface area contributed by atoms with Crippen LogP contribution in [0.25, 0.3) is 0 Å². The van der Waals surface area contributed by atoms with E-state index in [0.29, 0.717) is 5.56 Å². The first-order valence-corrected chi connectivity index (χ1v) is 9.13. The molecule has 1 unspecified atom stereocenters. The number of amides is 2. The van der Waals surface area contributed by atoms with Crippen LogP contribution in [0.3, 0.4) is 0 Å². The number of carbonyl (C=O) groups excluding carboxylic acids is 1. The van der Waals surface area contributed by atoms with Gasteiger partial charge < -0.3 is 10.2 Å². The van der Waals surface area contributed by atoms with E-state index in [-0.39, 0.29) is 24.5 Å². The summed E-state index contributed by atoms with van der Waals surface area (Å²) in [5, 5.41) is 2.59. The summed E-state index contributed by atoms with van der Waals surface area (Å²) in [4.78, 5) is 13.3. The van der Waals surface area contributed by atoms with Gasteiger partial charge in [-0.2, -0.15) is 0 Å². The van der Waals surface area contributed by atoms with Gasteiger partial charge in [0.1, 0.15) is 11.6 Å². The molecule has 1 rings (SSSR count). The monoisotopic (exact) mass is 348 g/mol. The fourth-order valence-electron chi connectivity index (χ4n) is 1.95. The van der Waals surface area contributed by atoms with Gasteiger partial charge in [-0.05, 0) is 25.0 Å². The molecule has 1 aromatic rings. The summed E-state index contributed by atoms with van der Waals surface area (Å²) >= 11 is 0. The number of benzene rings is 1. The van der Waals surface area contributed by atoms with E-state index >= 15 is 0 Å². The molecule has 0 saturated heterocycles. The van der Waals surface area contributed by atoms with Crippen LogP contribution in [0.5, 0.6) is 0 Å². The molecule has 0 spiro atoms. The zero-order chi connectivity index (χ0) is 17.6. The van der Waals surface area contributed by atoms with Crippen molar-refractivity contribution in [2.75, 3.05) is 25.1 Å². The molecular formula is C15H22F2N2O3S. The van der Waals surface area contributed by atoms with Gasteiger partial charge in [0.25, 0.3) is 0 Å². The van der Waals surface area contributed by atoms with Crippen LogP contribution in [0.4, 0.5) is 13.6 Å². The number of hydrogen-bond acceptors (Lipinski definition) is 3. The van der Waals surface area contributed by atoms with Crippen molar-refractivity contribution in [2.24, 2.45) is 0 Å². The predicted octanol–water partition coefficient (Wildman–Crippen LogP) is 1.97. The first kappa shape index (κ1) is 19.3. The van der Waals surface area contributed by atoms with Crippen LogP contribution in [0.2, 0.25) is 0 Å². The van der Waals surface area contributed by atoms with Crippen LogP contribution in [-0.4, -0.2) is 50.5 Å². The van der Waals surface area contributed by atoms with E-state index in [1.165, 1.54) is 18.0 Å². The summed E-state index contributed by atoms with van der Waals surface area (Å²) in [5.74, 6) is -1.40. The molecule has 130 valence electrons. The highest BCUT2D eigenvalue weighted by Crippen LogP contribution is 2.09. The van der Waals surface area contributed by atoms with Gasteiger partial charge in [-0.25, -0.2) is 22.0 Å². The van der Waals surface area contributed by atoms with Crippen LogP contribution in [-0.2, 0) is 16.3 Å². The molecule has 0 bridgehead atoms. The number of hydrogen-bond donors (Lipinski definition) is 1. The van der Waals surface area contributed by atoms with Crippen LogP contribution in [0, 0.1) is 11.6 Å². The van der Waals surface area contributed by atoms with Crippen molar-refractivity contribution >= 4 is 15.9 Å². The molecule has 8 heteroatoms. The third-order valence-corrected chi connectivity index (χ3v) is 5.47. The van der Waals surface area contributed by atoms with E-state index < -0.39 is 33.5 Å². The smallest absolute Gasteiger partial charge is 0.317 e. The molecule has 0 aromatic heterocycles. The average Bonchev–Trinajstić information content (AvgIpc) is 2.48. The molecule has 0 aliphatic rings. The summed E-state index contributed by atoms with van der Waals surface area (Å²) in [6, 6.07) is 2.37. The summed E-state index contributed by atoms with van der Waals surface area (Å²) in [7, 11) is -1.67. The van der Waals surface area contributed by atoms with Gasteiger partial charge in [-0.3, -0.25) is 0 Å². The topological polar surface area (TPSA) is 66.5 Å². The molecule has 0 radical (unpaired) electrons. The minimum absolute atomic E-state index is 0.0244. The van der Waals surface area contributed by atoms with Crippen molar-refractivity contribution in [3.8, 4) is 0 Å². The maximum Gasteiger partial charge on any atom is 0.317 e. The van der Waals surface area contributed by atoms with Gasteiger partial charge in [0, 0.05) is 31.5 Å². The lowest BCUT2D eigenvalue weighted by Crippen LogP contribution is -2.45. The second-order valence-corrected chi connectivity index (χ2v) is 7.77. The van der Waals surface area contributed by atoms with Gasteiger partial charge in [0.15, 0.2) is 9.84 Å². The predicted molar refractivity (Wildman–Crippen MR) is 85.0 cm³/mol. The number of rotatable bonds is 7. The second-order valence-electron chi connectivity index (χ2n) is 5.38. The molecule has 5 nitrogen and oxygen atoms in total. The van der Waals surface area contributed by atoms with E-state index in [2.05, 4.69) is 5.32 Å². The van der Waals surface area contributed by atoms with Crippen LogP contribution in [0.1, 0.15) is 19.4 Å². The van der Waals surface area contributed by atoms with E-state index in [1.807, 2.05) is 0 Å². The van der Waals surface area contributed by atoms with Crippen molar-refractivity contribution in [3.63, 3.8) is 0 Å². The van der Waals surface area contributed by atoms with Gasteiger partial charge in [0.05, 0.1) is 5.75 Å². The zero-order valence-corrected chi connectivity index (χ0v) is 14.3. The Bertz CT molecular complexity index is 650. The van der Waals surface area contributed by atoms with Crippen molar-refractivity contribution in [3.05, 3.63) is 35.4 Å². The molecule has 0 fully saturated rings. The third-order valence-electron chi connectivity index (χ3n) is 3.60. The average molecular weight is 348 g/mol. The van der Waals surface area contributed by atoms with Crippen molar-refractivity contribution < 1.29 is 22.0 Å². The quantitative estimate of drug-likeness (QED) is 0.819. The Hall–Kier alpha value is -1.70. The maximum absolute atomic E-state index is 13.5. The van der Waals surface area contributed by atoms with Gasteiger partial charge in [0.2, 0.25) is 0 Å².